The van der Waals surface area contributed by atoms with E-state index >= 15 is 0 Å². The summed E-state index contributed by atoms with van der Waals surface area (Å²) in [4.78, 5) is 0. The molecule has 66 valence electrons. The van der Waals surface area contributed by atoms with Crippen LogP contribution in [0.4, 0.5) is 4.39 Å². The molecule has 0 aliphatic heterocycles. The van der Waals surface area contributed by atoms with Gasteiger partial charge < -0.3 is 0 Å². The summed E-state index contributed by atoms with van der Waals surface area (Å²) in [6.45, 7) is 0. The van der Waals surface area contributed by atoms with Crippen molar-refractivity contribution in [3.63, 3.8) is 0 Å². The van der Waals surface area contributed by atoms with Gasteiger partial charge in [-0.15, -0.1) is 0 Å². The maximum absolute atomic E-state index is 13.3. The zero-order valence-corrected chi connectivity index (χ0v) is 9.04. The Labute approximate surface area is 85.7 Å². The molecule has 0 fully saturated rings. The third kappa shape index (κ3) is 2.49. The highest BCUT2D eigenvalue weighted by Gasteiger charge is 2.03. The molecule has 0 heterocycles. The van der Waals surface area contributed by atoms with Crippen LogP contribution < -0.4 is 0 Å². The topological polar surface area (TPSA) is 0 Å². The van der Waals surface area contributed by atoms with E-state index in [2.05, 4.69) is 28.6 Å². The van der Waals surface area contributed by atoms with E-state index in [9.17, 15) is 4.39 Å². The minimum atomic E-state index is -0.140. The second-order valence-electron chi connectivity index (χ2n) is 2.54. The number of rotatable bonds is 3. The van der Waals surface area contributed by atoms with Gasteiger partial charge in [0.25, 0.3) is 0 Å². The molecule has 3 heteroatoms. The first-order valence-corrected chi connectivity index (χ1v) is 5.22. The molecule has 12 heavy (non-hydrogen) atoms. The van der Waals surface area contributed by atoms with Crippen LogP contribution in [0.15, 0.2) is 22.7 Å². The van der Waals surface area contributed by atoms with Crippen molar-refractivity contribution in [2.24, 2.45) is 0 Å². The molecule has 0 bridgehead atoms. The summed E-state index contributed by atoms with van der Waals surface area (Å²) in [5.74, 6) is 0.658. The Morgan fingerprint density at radius 3 is 2.83 bits per heavy atom. The molecule has 0 unspecified atom stereocenters. The van der Waals surface area contributed by atoms with Gasteiger partial charge in [-0.05, 0) is 46.2 Å². The van der Waals surface area contributed by atoms with E-state index in [-0.39, 0.29) is 5.82 Å². The smallest absolute Gasteiger partial charge is 0.140 e. The van der Waals surface area contributed by atoms with E-state index < -0.39 is 0 Å². The van der Waals surface area contributed by atoms with Crippen molar-refractivity contribution in [1.29, 1.82) is 0 Å². The van der Waals surface area contributed by atoms with Crippen LogP contribution in [0.2, 0.25) is 0 Å². The second-order valence-corrected chi connectivity index (χ2v) is 3.84. The van der Waals surface area contributed by atoms with Gasteiger partial charge in [0, 0.05) is 0 Å². The Hall–Kier alpha value is -0.0200. The Kier molecular flexibility index (Phi) is 4.09. The van der Waals surface area contributed by atoms with Crippen LogP contribution in [0.25, 0.3) is 0 Å². The van der Waals surface area contributed by atoms with Crippen molar-refractivity contribution in [2.45, 2.75) is 12.8 Å². The molecule has 0 aliphatic carbocycles. The third-order valence-electron chi connectivity index (χ3n) is 1.64. The molecule has 0 aromatic heterocycles. The zero-order chi connectivity index (χ0) is 8.97. The Morgan fingerprint density at radius 2 is 2.17 bits per heavy atom. The molecule has 0 radical (unpaired) electrons. The van der Waals surface area contributed by atoms with Crippen molar-refractivity contribution >= 4 is 28.6 Å². The van der Waals surface area contributed by atoms with E-state index in [1.54, 1.807) is 6.07 Å². The van der Waals surface area contributed by atoms with Crippen LogP contribution in [-0.2, 0) is 6.42 Å². The summed E-state index contributed by atoms with van der Waals surface area (Å²) in [5.41, 5.74) is 0.762. The molecule has 1 rings (SSSR count). The largest absolute Gasteiger partial charge is 0.205 e. The normalized spacial score (nSPS) is 10.2. The Balaban J connectivity index is 2.78. The number of hydrogen-bond donors (Lipinski definition) is 1. The lowest BCUT2D eigenvalue weighted by Gasteiger charge is -2.02. The molecule has 0 nitrogen and oxygen atoms in total. The maximum Gasteiger partial charge on any atom is 0.140 e. The quantitative estimate of drug-likeness (QED) is 0.779. The van der Waals surface area contributed by atoms with Gasteiger partial charge in [-0.2, -0.15) is 12.6 Å². The first-order valence-electron chi connectivity index (χ1n) is 3.79. The Morgan fingerprint density at radius 1 is 1.42 bits per heavy atom. The number of halogens is 2. The van der Waals surface area contributed by atoms with Crippen LogP contribution in [0.1, 0.15) is 12.0 Å². The lowest BCUT2D eigenvalue weighted by molar-refractivity contribution is 0.601. The van der Waals surface area contributed by atoms with Crippen molar-refractivity contribution in [2.75, 3.05) is 5.75 Å². The minimum absolute atomic E-state index is 0.140. The zero-order valence-electron chi connectivity index (χ0n) is 6.56. The minimum Gasteiger partial charge on any atom is -0.205 e. The molecule has 0 aliphatic rings. The maximum atomic E-state index is 13.3. The number of thiol groups is 1. The average molecular weight is 249 g/mol. The number of aryl methyl sites for hydroxylation is 1. The summed E-state index contributed by atoms with van der Waals surface area (Å²) in [6.07, 6.45) is 1.67. The van der Waals surface area contributed by atoms with Gasteiger partial charge in [0.05, 0.1) is 4.47 Å². The van der Waals surface area contributed by atoms with Crippen molar-refractivity contribution in [3.05, 3.63) is 34.1 Å². The van der Waals surface area contributed by atoms with E-state index in [1.165, 1.54) is 0 Å². The second kappa shape index (κ2) is 4.87. The van der Waals surface area contributed by atoms with Crippen LogP contribution in [0.3, 0.4) is 0 Å². The van der Waals surface area contributed by atoms with Gasteiger partial charge in [0.2, 0.25) is 0 Å². The molecule has 1 aromatic carbocycles. The lowest BCUT2D eigenvalue weighted by atomic mass is 10.1. The molecule has 0 spiro atoms. The van der Waals surface area contributed by atoms with Crippen LogP contribution in [0, 0.1) is 5.82 Å². The van der Waals surface area contributed by atoms with Gasteiger partial charge in [-0.3, -0.25) is 0 Å². The third-order valence-corrected chi connectivity index (χ3v) is 2.56. The molecule has 0 saturated carbocycles. The highest BCUT2D eigenvalue weighted by atomic mass is 79.9. The van der Waals surface area contributed by atoms with E-state index in [0.29, 0.717) is 4.47 Å². The molecular weight excluding hydrogens is 239 g/mol. The molecule has 0 saturated heterocycles. The standard InChI is InChI=1S/C9H10BrFS/c10-8-5-1-3-7(9(8)11)4-2-6-12/h1,3,5,12H,2,4,6H2. The SMILES string of the molecule is Fc1c(Br)cccc1CCCS. The molecule has 1 aromatic rings. The fourth-order valence-corrected chi connectivity index (χ4v) is 1.58. The van der Waals surface area contributed by atoms with Gasteiger partial charge in [-0.1, -0.05) is 12.1 Å². The fourth-order valence-electron chi connectivity index (χ4n) is 1.01. The highest BCUT2D eigenvalue weighted by molar-refractivity contribution is 9.10. The van der Waals surface area contributed by atoms with Crippen molar-refractivity contribution in [1.82, 2.24) is 0 Å². The summed E-state index contributed by atoms with van der Waals surface area (Å²) in [7, 11) is 0. The van der Waals surface area contributed by atoms with Crippen molar-refractivity contribution in [3.8, 4) is 0 Å². The first-order chi connectivity index (χ1) is 5.75. The number of hydrogen-bond acceptors (Lipinski definition) is 1. The summed E-state index contributed by atoms with van der Waals surface area (Å²) in [6, 6.07) is 5.37. The monoisotopic (exact) mass is 248 g/mol. The van der Waals surface area contributed by atoms with Crippen molar-refractivity contribution < 1.29 is 4.39 Å². The fraction of sp³-hybridized carbons (Fsp3) is 0.333. The molecular formula is C9H10BrFS. The lowest BCUT2D eigenvalue weighted by Crippen LogP contribution is -1.91. The van der Waals surface area contributed by atoms with Gasteiger partial charge in [0.15, 0.2) is 0 Å². The first kappa shape index (κ1) is 10.1. The van der Waals surface area contributed by atoms with Gasteiger partial charge >= 0.3 is 0 Å². The highest BCUT2D eigenvalue weighted by Crippen LogP contribution is 2.19. The van der Waals surface area contributed by atoms with Crippen LogP contribution >= 0.6 is 28.6 Å². The van der Waals surface area contributed by atoms with Crippen LogP contribution in [0.5, 0.6) is 0 Å². The van der Waals surface area contributed by atoms with E-state index in [1.807, 2.05) is 12.1 Å². The van der Waals surface area contributed by atoms with E-state index in [0.717, 1.165) is 24.2 Å². The van der Waals surface area contributed by atoms with Gasteiger partial charge in [0.1, 0.15) is 5.82 Å². The average Bonchev–Trinajstić information content (AvgIpc) is 2.08. The predicted octanol–water partition coefficient (Wildman–Crippen LogP) is 3.45. The summed E-state index contributed by atoms with van der Waals surface area (Å²) in [5, 5.41) is 0. The molecule has 0 amide bonds. The number of benzene rings is 1. The Bertz CT molecular complexity index is 263. The van der Waals surface area contributed by atoms with E-state index in [4.69, 9.17) is 0 Å². The molecule has 0 atom stereocenters. The summed E-state index contributed by atoms with van der Waals surface area (Å²) >= 11 is 7.22. The van der Waals surface area contributed by atoms with Gasteiger partial charge in [-0.25, -0.2) is 4.39 Å². The van der Waals surface area contributed by atoms with Crippen LogP contribution in [-0.4, -0.2) is 5.75 Å². The molecule has 0 N–H and O–H groups in total. The summed E-state index contributed by atoms with van der Waals surface area (Å²) < 4.78 is 13.8. The predicted molar refractivity (Wildman–Crippen MR) is 56.3 cm³/mol.